The van der Waals surface area contributed by atoms with E-state index in [0.29, 0.717) is 28.4 Å². The van der Waals surface area contributed by atoms with E-state index in [0.717, 1.165) is 11.1 Å². The van der Waals surface area contributed by atoms with Gasteiger partial charge in [-0.05, 0) is 74.2 Å². The Morgan fingerprint density at radius 3 is 2.27 bits per heavy atom. The van der Waals surface area contributed by atoms with Crippen molar-refractivity contribution in [3.05, 3.63) is 64.2 Å². The molecule has 2 rings (SSSR count). The predicted molar refractivity (Wildman–Crippen MR) is 127 cm³/mol. The Bertz CT molecular complexity index is 1070. The summed E-state index contributed by atoms with van der Waals surface area (Å²) in [7, 11) is 0. The number of hydrazone groups is 1. The van der Waals surface area contributed by atoms with E-state index >= 15 is 0 Å². The van der Waals surface area contributed by atoms with Gasteiger partial charge in [-0.1, -0.05) is 17.7 Å². The maximum Gasteiger partial charge on any atom is 0.330 e. The molecule has 0 saturated carbocycles. The third kappa shape index (κ3) is 8.47. The van der Waals surface area contributed by atoms with Crippen LogP contribution in [0, 0.1) is 13.8 Å². The standard InChI is InChI=1S/C23H26ClN5O4/c1-14-6-11-18(12-15(14)2)26-21(31)5-3-4-19(28-29-23(33)22(32)27-25)13-20(30)16-7-9-17(24)10-8-16/h6-12H,3-5,13,25H2,1-2H3,(H,26,31)(H,27,32)(H,29,33)/b28-19-. The predicted octanol–water partition coefficient (Wildman–Crippen LogP) is 2.80. The summed E-state index contributed by atoms with van der Waals surface area (Å²) in [6.07, 6.45) is 0.704. The molecule has 0 saturated heterocycles. The van der Waals surface area contributed by atoms with E-state index in [1.165, 1.54) is 0 Å². The normalized spacial score (nSPS) is 11.0. The maximum absolute atomic E-state index is 12.6. The second-order valence-electron chi connectivity index (χ2n) is 7.40. The molecule has 0 bridgehead atoms. The third-order valence-electron chi connectivity index (χ3n) is 4.84. The number of anilines is 1. The van der Waals surface area contributed by atoms with Gasteiger partial charge in [0.05, 0.1) is 6.42 Å². The number of halogens is 1. The van der Waals surface area contributed by atoms with Gasteiger partial charge in [0, 0.05) is 28.4 Å². The number of amides is 3. The molecule has 0 fully saturated rings. The Morgan fingerprint density at radius 1 is 0.939 bits per heavy atom. The van der Waals surface area contributed by atoms with Crippen LogP contribution in [-0.4, -0.2) is 29.2 Å². The number of ketones is 1. The van der Waals surface area contributed by atoms with Crippen LogP contribution in [0.5, 0.6) is 0 Å². The Hall–Kier alpha value is -3.56. The van der Waals surface area contributed by atoms with Crippen molar-refractivity contribution in [1.29, 1.82) is 0 Å². The Balaban J connectivity index is 1.99. The van der Waals surface area contributed by atoms with Gasteiger partial charge in [0.2, 0.25) is 5.91 Å². The second kappa shape index (κ2) is 12.5. The summed E-state index contributed by atoms with van der Waals surface area (Å²) in [5.74, 6) is 2.35. The summed E-state index contributed by atoms with van der Waals surface area (Å²) in [6.45, 7) is 3.95. The van der Waals surface area contributed by atoms with Gasteiger partial charge in [-0.25, -0.2) is 11.3 Å². The van der Waals surface area contributed by atoms with E-state index in [-0.39, 0.29) is 31.0 Å². The van der Waals surface area contributed by atoms with Crippen molar-refractivity contribution in [3.8, 4) is 0 Å². The molecule has 0 unspecified atom stereocenters. The first-order chi connectivity index (χ1) is 15.7. The van der Waals surface area contributed by atoms with Gasteiger partial charge in [-0.3, -0.25) is 24.6 Å². The zero-order valence-electron chi connectivity index (χ0n) is 18.4. The van der Waals surface area contributed by atoms with E-state index in [1.54, 1.807) is 29.7 Å². The lowest BCUT2D eigenvalue weighted by atomic mass is 10.0. The highest BCUT2D eigenvalue weighted by molar-refractivity contribution is 6.35. The van der Waals surface area contributed by atoms with E-state index in [9.17, 15) is 19.2 Å². The molecule has 9 nitrogen and oxygen atoms in total. The van der Waals surface area contributed by atoms with Gasteiger partial charge in [0.15, 0.2) is 5.78 Å². The highest BCUT2D eigenvalue weighted by atomic mass is 35.5. The molecule has 0 aliphatic rings. The zero-order chi connectivity index (χ0) is 24.4. The van der Waals surface area contributed by atoms with Gasteiger partial charge >= 0.3 is 11.8 Å². The summed E-state index contributed by atoms with van der Waals surface area (Å²) in [5, 5.41) is 7.23. The first kappa shape index (κ1) is 25.7. The van der Waals surface area contributed by atoms with Crippen molar-refractivity contribution in [1.82, 2.24) is 10.9 Å². The lowest BCUT2D eigenvalue weighted by molar-refractivity contribution is -0.139. The first-order valence-electron chi connectivity index (χ1n) is 10.2. The summed E-state index contributed by atoms with van der Waals surface area (Å²) >= 11 is 5.85. The molecule has 174 valence electrons. The third-order valence-corrected chi connectivity index (χ3v) is 5.10. The van der Waals surface area contributed by atoms with Crippen LogP contribution in [-0.2, 0) is 14.4 Å². The number of nitrogens with zero attached hydrogens (tertiary/aromatic N) is 1. The molecule has 0 spiro atoms. The van der Waals surface area contributed by atoms with Crippen LogP contribution < -0.4 is 22.0 Å². The molecule has 10 heteroatoms. The molecule has 0 aliphatic heterocycles. The van der Waals surface area contributed by atoms with Crippen molar-refractivity contribution < 1.29 is 19.2 Å². The smallest absolute Gasteiger partial charge is 0.326 e. The van der Waals surface area contributed by atoms with Gasteiger partial charge in [0.25, 0.3) is 0 Å². The number of hydrogen-bond acceptors (Lipinski definition) is 6. The molecule has 0 aliphatic carbocycles. The van der Waals surface area contributed by atoms with Crippen LogP contribution in [0.1, 0.15) is 47.2 Å². The Morgan fingerprint density at radius 2 is 1.64 bits per heavy atom. The summed E-state index contributed by atoms with van der Waals surface area (Å²) in [4.78, 5) is 47.8. The van der Waals surface area contributed by atoms with Crippen molar-refractivity contribution in [2.75, 3.05) is 5.32 Å². The molecular weight excluding hydrogens is 446 g/mol. The molecule has 5 N–H and O–H groups in total. The number of nitrogens with two attached hydrogens (primary N) is 1. The Labute approximate surface area is 196 Å². The van der Waals surface area contributed by atoms with Crippen molar-refractivity contribution in [3.63, 3.8) is 0 Å². The SMILES string of the molecule is Cc1ccc(NC(=O)CCC/C(CC(=O)c2ccc(Cl)cc2)=N/NC(=O)C(=O)NN)cc1C. The van der Waals surface area contributed by atoms with Crippen molar-refractivity contribution >= 4 is 46.5 Å². The minimum atomic E-state index is -1.07. The molecule has 0 aromatic heterocycles. The molecule has 0 heterocycles. The Kier molecular flexibility index (Phi) is 9.71. The summed E-state index contributed by atoms with van der Waals surface area (Å²) < 4.78 is 0. The molecule has 2 aromatic carbocycles. The fourth-order valence-corrected chi connectivity index (χ4v) is 2.97. The van der Waals surface area contributed by atoms with Crippen LogP contribution in [0.15, 0.2) is 47.6 Å². The molecule has 0 radical (unpaired) electrons. The quantitative estimate of drug-likeness (QED) is 0.111. The average Bonchev–Trinajstić information content (AvgIpc) is 2.79. The van der Waals surface area contributed by atoms with Crippen LogP contribution >= 0.6 is 11.6 Å². The number of hydrazine groups is 1. The molecule has 2 aromatic rings. The maximum atomic E-state index is 12.6. The molecule has 3 amide bonds. The number of carbonyl (C=O) groups is 4. The monoisotopic (exact) mass is 471 g/mol. The lowest BCUT2D eigenvalue weighted by Crippen LogP contribution is -2.41. The van der Waals surface area contributed by atoms with Gasteiger partial charge in [0.1, 0.15) is 0 Å². The molecular formula is C23H26ClN5O4. The van der Waals surface area contributed by atoms with Crippen LogP contribution in [0.3, 0.4) is 0 Å². The summed E-state index contributed by atoms with van der Waals surface area (Å²) in [6, 6.07) is 12.0. The van der Waals surface area contributed by atoms with Crippen molar-refractivity contribution in [2.24, 2.45) is 10.9 Å². The minimum Gasteiger partial charge on any atom is -0.326 e. The fourth-order valence-electron chi connectivity index (χ4n) is 2.85. The number of benzene rings is 2. The number of rotatable bonds is 9. The molecule has 33 heavy (non-hydrogen) atoms. The van der Waals surface area contributed by atoms with E-state index < -0.39 is 11.8 Å². The number of Topliss-reactive ketones (excluding diaryl/α,β-unsaturated/α-hetero) is 1. The lowest BCUT2D eigenvalue weighted by Gasteiger charge is -2.09. The van der Waals surface area contributed by atoms with Gasteiger partial charge < -0.3 is 5.32 Å². The zero-order valence-corrected chi connectivity index (χ0v) is 19.2. The van der Waals surface area contributed by atoms with Crippen LogP contribution in [0.2, 0.25) is 5.02 Å². The fraction of sp³-hybridized carbons (Fsp3) is 0.261. The topological polar surface area (TPSA) is 143 Å². The van der Waals surface area contributed by atoms with Gasteiger partial charge in [-0.2, -0.15) is 5.10 Å². The summed E-state index contributed by atoms with van der Waals surface area (Å²) in [5.41, 5.74) is 7.40. The number of nitrogens with one attached hydrogen (secondary N) is 3. The first-order valence-corrected chi connectivity index (χ1v) is 10.6. The highest BCUT2D eigenvalue weighted by Crippen LogP contribution is 2.16. The number of hydrogen-bond donors (Lipinski definition) is 4. The minimum absolute atomic E-state index is 0.106. The number of carbonyl (C=O) groups excluding carboxylic acids is 4. The molecule has 0 atom stereocenters. The van der Waals surface area contributed by atoms with E-state index in [1.807, 2.05) is 32.0 Å². The highest BCUT2D eigenvalue weighted by Gasteiger charge is 2.15. The van der Waals surface area contributed by atoms with Crippen LogP contribution in [0.4, 0.5) is 5.69 Å². The number of aryl methyl sites for hydroxylation is 2. The van der Waals surface area contributed by atoms with Gasteiger partial charge in [-0.15, -0.1) is 0 Å². The largest absolute Gasteiger partial charge is 0.330 e. The average molecular weight is 472 g/mol. The second-order valence-corrected chi connectivity index (χ2v) is 7.84. The van der Waals surface area contributed by atoms with E-state index in [2.05, 4.69) is 15.8 Å². The van der Waals surface area contributed by atoms with Crippen molar-refractivity contribution in [2.45, 2.75) is 39.5 Å². The van der Waals surface area contributed by atoms with Crippen LogP contribution in [0.25, 0.3) is 0 Å². The van der Waals surface area contributed by atoms with E-state index in [4.69, 9.17) is 17.4 Å².